The Morgan fingerprint density at radius 2 is 1.84 bits per heavy atom. The van der Waals surface area contributed by atoms with Crippen molar-refractivity contribution in [1.82, 2.24) is 10.2 Å². The fourth-order valence-corrected chi connectivity index (χ4v) is 2.47. The van der Waals surface area contributed by atoms with Crippen LogP contribution in [0.1, 0.15) is 58.4 Å². The summed E-state index contributed by atoms with van der Waals surface area (Å²) in [7, 11) is 0. The summed E-state index contributed by atoms with van der Waals surface area (Å²) in [5, 5.41) is 13.7. The maximum absolute atomic E-state index is 12.3. The molecule has 0 spiro atoms. The van der Waals surface area contributed by atoms with Crippen molar-refractivity contribution in [3.8, 4) is 0 Å². The van der Waals surface area contributed by atoms with Crippen molar-refractivity contribution in [2.45, 2.75) is 60.4 Å². The number of carbonyl (C=O) groups is 1. The lowest BCUT2D eigenvalue weighted by Crippen LogP contribution is -2.27. The number of nitrogens with one attached hydrogen (secondary N) is 3. The summed E-state index contributed by atoms with van der Waals surface area (Å²) >= 11 is 0. The Balaban J connectivity index is 2.13. The van der Waals surface area contributed by atoms with Gasteiger partial charge in [-0.3, -0.25) is 9.89 Å². The third-order valence-corrected chi connectivity index (χ3v) is 4.12. The average Bonchev–Trinajstić information content (AvgIpc) is 2.95. The number of rotatable bonds is 4. The molecule has 0 saturated heterocycles. The van der Waals surface area contributed by atoms with Gasteiger partial charge in [0.05, 0.1) is 6.20 Å². The monoisotopic (exact) mass is 342 g/mol. The molecule has 0 aliphatic rings. The molecule has 1 heterocycles. The van der Waals surface area contributed by atoms with E-state index in [-0.39, 0.29) is 11.3 Å². The van der Waals surface area contributed by atoms with Gasteiger partial charge in [-0.2, -0.15) is 5.10 Å². The van der Waals surface area contributed by atoms with Gasteiger partial charge in [-0.05, 0) is 24.6 Å². The summed E-state index contributed by atoms with van der Waals surface area (Å²) < 4.78 is 0. The van der Waals surface area contributed by atoms with Crippen LogP contribution >= 0.6 is 0 Å². The Morgan fingerprint density at radius 3 is 2.44 bits per heavy atom. The van der Waals surface area contributed by atoms with Crippen LogP contribution < -0.4 is 10.6 Å². The van der Waals surface area contributed by atoms with Crippen LogP contribution in [0, 0.1) is 12.3 Å². The highest BCUT2D eigenvalue weighted by Gasteiger charge is 2.22. The number of amides is 1. The first-order valence-corrected chi connectivity index (χ1v) is 8.67. The lowest BCUT2D eigenvalue weighted by atomic mass is 9.89. The second-order valence-electron chi connectivity index (χ2n) is 8.61. The van der Waals surface area contributed by atoms with Gasteiger partial charge in [0.2, 0.25) is 5.91 Å². The summed E-state index contributed by atoms with van der Waals surface area (Å²) in [5.41, 5.74) is 4.73. The van der Waals surface area contributed by atoms with Crippen molar-refractivity contribution in [1.29, 1.82) is 0 Å². The fraction of sp³-hybridized carbons (Fsp3) is 0.500. The number of hydrogen-bond donors (Lipinski definition) is 3. The summed E-state index contributed by atoms with van der Waals surface area (Å²) in [6.45, 7) is 14.9. The van der Waals surface area contributed by atoms with E-state index in [1.165, 1.54) is 0 Å². The zero-order valence-corrected chi connectivity index (χ0v) is 16.4. The third-order valence-electron chi connectivity index (χ3n) is 4.12. The van der Waals surface area contributed by atoms with Gasteiger partial charge in [-0.15, -0.1) is 0 Å². The number of carbonyl (C=O) groups excluding carboxylic acids is 1. The molecular formula is C20H30N4O. The van der Waals surface area contributed by atoms with Crippen LogP contribution in [0.3, 0.4) is 0 Å². The second kappa shape index (κ2) is 6.90. The summed E-state index contributed by atoms with van der Waals surface area (Å²) in [6.07, 6.45) is 1.87. The number of nitrogens with zero attached hydrogens (tertiary/aromatic N) is 1. The van der Waals surface area contributed by atoms with Gasteiger partial charge in [-0.1, -0.05) is 47.6 Å². The summed E-state index contributed by atoms with van der Waals surface area (Å²) in [6, 6.07) is 6.02. The van der Waals surface area contributed by atoms with Crippen molar-refractivity contribution >= 4 is 17.3 Å². The zero-order chi connectivity index (χ0) is 18.8. The van der Waals surface area contributed by atoms with Crippen molar-refractivity contribution < 1.29 is 4.79 Å². The van der Waals surface area contributed by atoms with Crippen molar-refractivity contribution in [3.05, 3.63) is 41.2 Å². The minimum atomic E-state index is -0.422. The van der Waals surface area contributed by atoms with Gasteiger partial charge < -0.3 is 10.6 Å². The molecule has 0 aliphatic heterocycles. The molecule has 0 bridgehead atoms. The van der Waals surface area contributed by atoms with E-state index in [2.05, 4.69) is 41.6 Å². The van der Waals surface area contributed by atoms with Crippen molar-refractivity contribution in [3.63, 3.8) is 0 Å². The summed E-state index contributed by atoms with van der Waals surface area (Å²) in [5.74, 6) is 0.0117. The minimum absolute atomic E-state index is 0.0117. The van der Waals surface area contributed by atoms with E-state index in [0.717, 1.165) is 28.2 Å². The SMILES string of the molecule is Cc1ccc(NCc2cn[nH]c2C(C)(C)C)cc1NC(=O)C(C)(C)C. The van der Waals surface area contributed by atoms with Crippen LogP contribution in [0.25, 0.3) is 0 Å². The third kappa shape index (κ3) is 4.84. The van der Waals surface area contributed by atoms with E-state index in [4.69, 9.17) is 0 Å². The Kier molecular flexibility index (Phi) is 5.26. The quantitative estimate of drug-likeness (QED) is 0.760. The molecule has 0 fully saturated rings. The maximum Gasteiger partial charge on any atom is 0.229 e. The Hall–Kier alpha value is -2.30. The van der Waals surface area contributed by atoms with Gasteiger partial charge in [0.1, 0.15) is 0 Å². The average molecular weight is 342 g/mol. The van der Waals surface area contributed by atoms with E-state index < -0.39 is 5.41 Å². The zero-order valence-electron chi connectivity index (χ0n) is 16.4. The first-order valence-electron chi connectivity index (χ1n) is 8.67. The first-order chi connectivity index (χ1) is 11.5. The predicted octanol–water partition coefficient (Wildman–Crippen LogP) is 4.61. The predicted molar refractivity (Wildman–Crippen MR) is 104 cm³/mol. The molecule has 0 radical (unpaired) electrons. The number of hydrogen-bond acceptors (Lipinski definition) is 3. The van der Waals surface area contributed by atoms with Gasteiger partial charge in [-0.25, -0.2) is 0 Å². The molecular weight excluding hydrogens is 312 g/mol. The van der Waals surface area contributed by atoms with Crippen LogP contribution in [0.2, 0.25) is 0 Å². The maximum atomic E-state index is 12.3. The van der Waals surface area contributed by atoms with Gasteiger partial charge in [0.15, 0.2) is 0 Å². The molecule has 3 N–H and O–H groups in total. The van der Waals surface area contributed by atoms with Gasteiger partial charge in [0, 0.05) is 40.0 Å². The largest absolute Gasteiger partial charge is 0.381 e. The number of anilines is 2. The molecule has 136 valence electrons. The molecule has 25 heavy (non-hydrogen) atoms. The molecule has 0 atom stereocenters. The Morgan fingerprint density at radius 1 is 1.16 bits per heavy atom. The highest BCUT2D eigenvalue weighted by atomic mass is 16.2. The minimum Gasteiger partial charge on any atom is -0.381 e. The van der Waals surface area contributed by atoms with Crippen molar-refractivity contribution in [2.75, 3.05) is 10.6 Å². The van der Waals surface area contributed by atoms with E-state index in [1.54, 1.807) is 0 Å². The number of H-pyrrole nitrogens is 1. The molecule has 2 aromatic rings. The molecule has 0 saturated carbocycles. The highest BCUT2D eigenvalue weighted by molar-refractivity contribution is 5.95. The molecule has 5 nitrogen and oxygen atoms in total. The van der Waals surface area contributed by atoms with E-state index in [0.29, 0.717) is 6.54 Å². The van der Waals surface area contributed by atoms with Crippen molar-refractivity contribution in [2.24, 2.45) is 5.41 Å². The molecule has 0 unspecified atom stereocenters. The van der Waals surface area contributed by atoms with E-state index >= 15 is 0 Å². The number of benzene rings is 1. The van der Waals surface area contributed by atoms with Crippen LogP contribution in [0.4, 0.5) is 11.4 Å². The standard InChI is InChI=1S/C20H30N4O/c1-13-8-9-15(10-16(13)23-18(25)20(5,6)7)21-11-14-12-22-24-17(14)19(2,3)4/h8-10,12,21H,11H2,1-7H3,(H,22,24)(H,23,25). The van der Waals surface area contributed by atoms with E-state index in [1.807, 2.05) is 52.1 Å². The van der Waals surface area contributed by atoms with E-state index in [9.17, 15) is 4.79 Å². The Labute approximate surface area is 150 Å². The molecule has 0 aliphatic carbocycles. The fourth-order valence-electron chi connectivity index (χ4n) is 2.47. The molecule has 2 rings (SSSR count). The number of aromatic amines is 1. The normalized spacial score (nSPS) is 12.1. The van der Waals surface area contributed by atoms with Crippen LogP contribution in [0.15, 0.2) is 24.4 Å². The number of aromatic nitrogens is 2. The molecule has 1 aromatic carbocycles. The second-order valence-corrected chi connectivity index (χ2v) is 8.61. The molecule has 1 amide bonds. The first kappa shape index (κ1) is 19.0. The lowest BCUT2D eigenvalue weighted by Gasteiger charge is -2.20. The summed E-state index contributed by atoms with van der Waals surface area (Å²) in [4.78, 5) is 12.3. The van der Waals surface area contributed by atoms with Crippen LogP contribution in [-0.2, 0) is 16.8 Å². The smallest absolute Gasteiger partial charge is 0.229 e. The van der Waals surface area contributed by atoms with Crippen LogP contribution in [-0.4, -0.2) is 16.1 Å². The molecule has 1 aromatic heterocycles. The lowest BCUT2D eigenvalue weighted by molar-refractivity contribution is -0.123. The molecule has 5 heteroatoms. The Bertz CT molecular complexity index is 748. The topological polar surface area (TPSA) is 69.8 Å². The van der Waals surface area contributed by atoms with Gasteiger partial charge in [0.25, 0.3) is 0 Å². The van der Waals surface area contributed by atoms with Gasteiger partial charge >= 0.3 is 0 Å². The number of aryl methyl sites for hydroxylation is 1. The van der Waals surface area contributed by atoms with Crippen LogP contribution in [0.5, 0.6) is 0 Å². The highest BCUT2D eigenvalue weighted by Crippen LogP contribution is 2.26.